The van der Waals surface area contributed by atoms with E-state index in [4.69, 9.17) is 0 Å². The molecule has 1 heteroatoms. The summed E-state index contributed by atoms with van der Waals surface area (Å²) in [5.74, 6) is 4.37. The molecule has 0 fully saturated rings. The van der Waals surface area contributed by atoms with Crippen LogP contribution < -0.4 is 0 Å². The maximum atomic E-state index is 2.42. The van der Waals surface area contributed by atoms with Crippen LogP contribution in [-0.4, -0.2) is 12.9 Å². The predicted molar refractivity (Wildman–Crippen MR) is 78.7 cm³/mol. The van der Waals surface area contributed by atoms with Crippen LogP contribution in [-0.2, 0) is 0 Å². The van der Waals surface area contributed by atoms with Crippen molar-refractivity contribution in [1.82, 2.24) is 0 Å². The summed E-state index contributed by atoms with van der Waals surface area (Å²) >= 11 is 0. The molecule has 0 aromatic rings. The van der Waals surface area contributed by atoms with Crippen LogP contribution in [0.25, 0.3) is 0 Å². The number of allylic oxidation sites excluding steroid dienone is 6. The average Bonchev–Trinajstić information content (AvgIpc) is 2.40. The third-order valence-electron chi connectivity index (χ3n) is 4.13. The molecule has 0 N–H and O–H groups in total. The summed E-state index contributed by atoms with van der Waals surface area (Å²) in [6, 6.07) is 0. The SMILES string of the molecule is CCCC1C=CC=CC1C(C)C1=CC=BCC1. The van der Waals surface area contributed by atoms with Gasteiger partial charge in [-0.25, -0.2) is 0 Å². The van der Waals surface area contributed by atoms with Crippen LogP contribution in [0.5, 0.6) is 0 Å². The van der Waals surface area contributed by atoms with Crippen LogP contribution in [0, 0.1) is 17.8 Å². The predicted octanol–water partition coefficient (Wildman–Crippen LogP) is 4.04. The minimum absolute atomic E-state index is 0.692. The zero-order valence-electron chi connectivity index (χ0n) is 11.1. The molecule has 3 unspecified atom stereocenters. The molecule has 3 atom stereocenters. The van der Waals surface area contributed by atoms with Gasteiger partial charge in [0.1, 0.15) is 0 Å². The molecule has 0 saturated carbocycles. The third-order valence-corrected chi connectivity index (χ3v) is 4.13. The van der Waals surface area contributed by atoms with Crippen LogP contribution in [0.2, 0.25) is 6.32 Å². The average molecular weight is 226 g/mol. The van der Waals surface area contributed by atoms with E-state index in [2.05, 4.69) is 57.1 Å². The monoisotopic (exact) mass is 226 g/mol. The molecule has 0 aromatic heterocycles. The molecule has 0 nitrogen and oxygen atoms in total. The number of rotatable bonds is 4. The molecule has 1 heterocycles. The first-order valence-electron chi connectivity index (χ1n) is 7.03. The zero-order valence-corrected chi connectivity index (χ0v) is 11.1. The van der Waals surface area contributed by atoms with Gasteiger partial charge in [0.25, 0.3) is 0 Å². The van der Waals surface area contributed by atoms with Gasteiger partial charge in [0.05, 0.1) is 0 Å². The van der Waals surface area contributed by atoms with Gasteiger partial charge in [0.2, 0.25) is 0 Å². The molecular formula is C16H23B. The molecule has 90 valence electrons. The summed E-state index contributed by atoms with van der Waals surface area (Å²) in [5, 5.41) is 0. The molecule has 2 aliphatic rings. The maximum absolute atomic E-state index is 2.42. The van der Waals surface area contributed by atoms with Crippen molar-refractivity contribution in [3.8, 4) is 0 Å². The molecule has 0 amide bonds. The van der Waals surface area contributed by atoms with Crippen molar-refractivity contribution in [3.05, 3.63) is 36.0 Å². The zero-order chi connectivity index (χ0) is 12.1. The summed E-state index contributed by atoms with van der Waals surface area (Å²) < 4.78 is 0. The fourth-order valence-electron chi connectivity index (χ4n) is 3.08. The van der Waals surface area contributed by atoms with Crippen molar-refractivity contribution in [3.63, 3.8) is 0 Å². The van der Waals surface area contributed by atoms with E-state index in [0.29, 0.717) is 11.8 Å². The summed E-state index contributed by atoms with van der Waals surface area (Å²) in [6.07, 6.45) is 16.7. The summed E-state index contributed by atoms with van der Waals surface area (Å²) in [7, 11) is 0. The van der Waals surface area contributed by atoms with Crippen molar-refractivity contribution < 1.29 is 0 Å². The Bertz CT molecular complexity index is 360. The van der Waals surface area contributed by atoms with E-state index in [0.717, 1.165) is 5.92 Å². The molecule has 0 bridgehead atoms. The van der Waals surface area contributed by atoms with E-state index in [1.54, 1.807) is 5.57 Å². The van der Waals surface area contributed by atoms with Gasteiger partial charge in [-0.2, -0.15) is 0 Å². The molecule has 0 spiro atoms. The van der Waals surface area contributed by atoms with Gasteiger partial charge in [0, 0.05) is 0 Å². The second kappa shape index (κ2) is 6.19. The fourth-order valence-corrected chi connectivity index (χ4v) is 3.08. The van der Waals surface area contributed by atoms with Gasteiger partial charge in [-0.3, -0.25) is 0 Å². The van der Waals surface area contributed by atoms with Crippen molar-refractivity contribution in [2.45, 2.75) is 39.4 Å². The summed E-state index contributed by atoms with van der Waals surface area (Å²) in [4.78, 5) is 0. The quantitative estimate of drug-likeness (QED) is 0.634. The Morgan fingerprint density at radius 3 is 2.88 bits per heavy atom. The number of hydrogen-bond acceptors (Lipinski definition) is 0. The normalized spacial score (nSPS) is 28.7. The Labute approximate surface area is 106 Å². The Hall–Kier alpha value is -0.845. The van der Waals surface area contributed by atoms with Crippen molar-refractivity contribution in [2.24, 2.45) is 17.8 Å². The minimum atomic E-state index is 0.692. The molecule has 2 rings (SSSR count). The Balaban J connectivity index is 2.08. The van der Waals surface area contributed by atoms with Gasteiger partial charge < -0.3 is 0 Å². The summed E-state index contributed by atoms with van der Waals surface area (Å²) in [6.45, 7) is 6.97. The second-order valence-corrected chi connectivity index (χ2v) is 5.30. The molecule has 0 aromatic carbocycles. The number of hydrogen-bond donors (Lipinski definition) is 0. The topological polar surface area (TPSA) is 0 Å². The van der Waals surface area contributed by atoms with Crippen molar-refractivity contribution in [1.29, 1.82) is 0 Å². The van der Waals surface area contributed by atoms with Gasteiger partial charge in [-0.05, 0) is 0 Å². The van der Waals surface area contributed by atoms with Crippen LogP contribution in [0.15, 0.2) is 36.0 Å². The Morgan fingerprint density at radius 1 is 1.35 bits per heavy atom. The van der Waals surface area contributed by atoms with Crippen LogP contribution in [0.4, 0.5) is 0 Å². The first kappa shape index (κ1) is 12.6. The van der Waals surface area contributed by atoms with E-state index in [1.807, 2.05) is 0 Å². The standard InChI is InChI=1S/C16H23B/c1-3-6-15-7-4-5-8-16(15)13(2)14-9-11-17-12-10-14/h4-5,7-9,11,13,15-16H,3,6,10,12H2,1-2H3. The van der Waals surface area contributed by atoms with Crippen molar-refractivity contribution >= 4 is 12.9 Å². The van der Waals surface area contributed by atoms with Gasteiger partial charge in [-0.1, -0.05) is 0 Å². The molecular weight excluding hydrogens is 203 g/mol. The van der Waals surface area contributed by atoms with Gasteiger partial charge in [-0.15, -0.1) is 0 Å². The van der Waals surface area contributed by atoms with E-state index in [1.165, 1.54) is 25.6 Å². The van der Waals surface area contributed by atoms with Crippen LogP contribution in [0.3, 0.4) is 0 Å². The Morgan fingerprint density at radius 2 is 2.18 bits per heavy atom. The van der Waals surface area contributed by atoms with E-state index in [-0.39, 0.29) is 0 Å². The summed E-state index contributed by atoms with van der Waals surface area (Å²) in [5.41, 5.74) is 1.64. The molecule has 0 radical (unpaired) electrons. The van der Waals surface area contributed by atoms with E-state index in [9.17, 15) is 0 Å². The molecule has 17 heavy (non-hydrogen) atoms. The third kappa shape index (κ3) is 3.09. The fraction of sp³-hybridized carbons (Fsp3) is 0.562. The van der Waals surface area contributed by atoms with E-state index >= 15 is 0 Å². The molecule has 0 saturated heterocycles. The van der Waals surface area contributed by atoms with Crippen LogP contribution >= 0.6 is 0 Å². The second-order valence-electron chi connectivity index (χ2n) is 5.30. The molecule has 1 aliphatic carbocycles. The van der Waals surface area contributed by atoms with Crippen LogP contribution in [0.1, 0.15) is 33.1 Å². The van der Waals surface area contributed by atoms with Gasteiger partial charge >= 0.3 is 106 Å². The molecule has 1 aliphatic heterocycles. The Kier molecular flexibility index (Phi) is 4.59. The van der Waals surface area contributed by atoms with Crippen molar-refractivity contribution in [2.75, 3.05) is 0 Å². The van der Waals surface area contributed by atoms with Gasteiger partial charge in [0.15, 0.2) is 0 Å². The first-order valence-corrected chi connectivity index (χ1v) is 7.03. The first-order chi connectivity index (χ1) is 8.33. The van der Waals surface area contributed by atoms with E-state index < -0.39 is 0 Å².